The van der Waals surface area contributed by atoms with Gasteiger partial charge in [-0.1, -0.05) is 0 Å². The van der Waals surface area contributed by atoms with Crippen molar-refractivity contribution in [2.45, 2.75) is 63.8 Å². The van der Waals surface area contributed by atoms with Crippen molar-refractivity contribution < 1.29 is 9.90 Å². The molecule has 1 amide bonds. The van der Waals surface area contributed by atoms with Crippen LogP contribution in [-0.4, -0.2) is 83.7 Å². The van der Waals surface area contributed by atoms with Crippen LogP contribution in [0.2, 0.25) is 0 Å². The topological polar surface area (TPSA) is 47.0 Å². The number of likely N-dealkylation sites (tertiary alicyclic amines) is 2. The van der Waals surface area contributed by atoms with Gasteiger partial charge in [-0.2, -0.15) is 0 Å². The van der Waals surface area contributed by atoms with E-state index in [2.05, 4.69) is 28.5 Å². The molecule has 2 aliphatic heterocycles. The Labute approximate surface area is 128 Å². The number of hydrogen-bond donors (Lipinski definition) is 1. The van der Waals surface area contributed by atoms with Gasteiger partial charge >= 0.3 is 0 Å². The van der Waals surface area contributed by atoms with Crippen molar-refractivity contribution in [1.29, 1.82) is 0 Å². The first kappa shape index (κ1) is 16.7. The lowest BCUT2D eigenvalue weighted by atomic mass is 9.97. The summed E-state index contributed by atoms with van der Waals surface area (Å²) >= 11 is 0. The first-order valence-corrected chi connectivity index (χ1v) is 8.26. The zero-order valence-electron chi connectivity index (χ0n) is 14.0. The van der Waals surface area contributed by atoms with Gasteiger partial charge in [0.2, 0.25) is 5.91 Å². The number of carbonyl (C=O) groups is 1. The molecule has 0 spiro atoms. The van der Waals surface area contributed by atoms with Crippen molar-refractivity contribution >= 4 is 5.91 Å². The third kappa shape index (κ3) is 4.18. The third-order valence-electron chi connectivity index (χ3n) is 4.90. The Morgan fingerprint density at radius 2 is 1.86 bits per heavy atom. The fraction of sp³-hybridized carbons (Fsp3) is 0.938. The Hall–Kier alpha value is -0.650. The summed E-state index contributed by atoms with van der Waals surface area (Å²) in [6.45, 7) is 6.29. The number of carbonyl (C=O) groups excluding carboxylic acids is 1. The number of piperidine rings is 1. The van der Waals surface area contributed by atoms with Gasteiger partial charge in [0.1, 0.15) is 0 Å². The van der Waals surface area contributed by atoms with Crippen LogP contribution in [0.3, 0.4) is 0 Å². The molecule has 21 heavy (non-hydrogen) atoms. The van der Waals surface area contributed by atoms with Gasteiger partial charge in [0.05, 0.1) is 12.6 Å². The van der Waals surface area contributed by atoms with Crippen molar-refractivity contribution in [3.63, 3.8) is 0 Å². The molecule has 0 aromatic carbocycles. The maximum Gasteiger partial charge on any atom is 0.237 e. The van der Waals surface area contributed by atoms with Crippen molar-refractivity contribution in [2.24, 2.45) is 0 Å². The minimum atomic E-state index is -0.293. The summed E-state index contributed by atoms with van der Waals surface area (Å²) in [5.74, 6) is 0.229. The van der Waals surface area contributed by atoms with Crippen LogP contribution in [0.5, 0.6) is 0 Å². The van der Waals surface area contributed by atoms with Crippen molar-refractivity contribution in [1.82, 2.24) is 14.7 Å². The van der Waals surface area contributed by atoms with Gasteiger partial charge in [-0.15, -0.1) is 0 Å². The summed E-state index contributed by atoms with van der Waals surface area (Å²) < 4.78 is 0. The normalized spacial score (nSPS) is 34.7. The van der Waals surface area contributed by atoms with Gasteiger partial charge in [-0.05, 0) is 53.6 Å². The Balaban J connectivity index is 1.97. The summed E-state index contributed by atoms with van der Waals surface area (Å²) in [5, 5.41) is 9.93. The van der Waals surface area contributed by atoms with E-state index in [1.165, 1.54) is 6.42 Å². The van der Waals surface area contributed by atoms with E-state index in [9.17, 15) is 9.90 Å². The monoisotopic (exact) mass is 297 g/mol. The molecule has 122 valence electrons. The Morgan fingerprint density at radius 3 is 2.43 bits per heavy atom. The highest BCUT2D eigenvalue weighted by Gasteiger charge is 2.35. The van der Waals surface area contributed by atoms with Crippen LogP contribution in [0.4, 0.5) is 0 Å². The number of β-amino-alcohol motifs (C(OH)–C–C–N with tert-alkyl or cyclic N) is 1. The molecule has 2 fully saturated rings. The van der Waals surface area contributed by atoms with E-state index in [1.807, 2.05) is 14.1 Å². The molecule has 0 saturated carbocycles. The molecular formula is C16H31N3O2. The minimum Gasteiger partial charge on any atom is -0.392 e. The summed E-state index contributed by atoms with van der Waals surface area (Å²) in [6.07, 6.45) is 3.92. The molecule has 4 atom stereocenters. The second-order valence-electron chi connectivity index (χ2n) is 7.16. The van der Waals surface area contributed by atoms with Crippen LogP contribution in [0.1, 0.15) is 39.5 Å². The molecule has 5 heteroatoms. The Morgan fingerprint density at radius 1 is 1.24 bits per heavy atom. The van der Waals surface area contributed by atoms with Gasteiger partial charge in [0.15, 0.2) is 0 Å². The van der Waals surface area contributed by atoms with Crippen LogP contribution in [0.25, 0.3) is 0 Å². The molecule has 0 radical (unpaired) electrons. The number of aliphatic hydroxyl groups is 1. The maximum atomic E-state index is 12.7. The number of likely N-dealkylation sites (N-methyl/N-ethyl adjacent to an activating group) is 1. The summed E-state index contributed by atoms with van der Waals surface area (Å²) in [5.41, 5.74) is 0. The van der Waals surface area contributed by atoms with E-state index in [1.54, 1.807) is 0 Å². The molecule has 0 aromatic rings. The van der Waals surface area contributed by atoms with Gasteiger partial charge in [-0.25, -0.2) is 0 Å². The van der Waals surface area contributed by atoms with Crippen molar-refractivity contribution in [2.75, 3.05) is 33.7 Å². The van der Waals surface area contributed by atoms with Crippen molar-refractivity contribution in [3.8, 4) is 0 Å². The lowest BCUT2D eigenvalue weighted by molar-refractivity contribution is -0.138. The largest absolute Gasteiger partial charge is 0.392 e. The second-order valence-corrected chi connectivity index (χ2v) is 7.16. The first-order chi connectivity index (χ1) is 9.88. The first-order valence-electron chi connectivity index (χ1n) is 8.26. The number of nitrogens with zero attached hydrogens (tertiary/aromatic N) is 3. The molecule has 0 aromatic heterocycles. The number of amides is 1. The standard InChI is InChI=1S/C16H31N3O2/c1-12-6-5-7-13(2)19(12)16(21)11-18-10-15(20)8-14(18)9-17(3)4/h12-15,20H,5-11H2,1-4H3. The van der Waals surface area contributed by atoms with E-state index in [0.29, 0.717) is 25.2 Å². The average Bonchev–Trinajstić information content (AvgIpc) is 2.68. The molecule has 4 unspecified atom stereocenters. The SMILES string of the molecule is CC1CCCC(C)N1C(=O)CN1CC(O)CC1CN(C)C. The Bertz CT molecular complexity index is 351. The van der Waals surface area contributed by atoms with Crippen LogP contribution < -0.4 is 0 Å². The molecular weight excluding hydrogens is 266 g/mol. The molecule has 5 nitrogen and oxygen atoms in total. The number of hydrogen-bond acceptors (Lipinski definition) is 4. The zero-order chi connectivity index (χ0) is 15.6. The van der Waals surface area contributed by atoms with E-state index in [4.69, 9.17) is 0 Å². The summed E-state index contributed by atoms with van der Waals surface area (Å²) in [6, 6.07) is 0.983. The molecule has 2 heterocycles. The molecule has 2 saturated heterocycles. The lowest BCUT2D eigenvalue weighted by Crippen LogP contribution is -2.52. The number of rotatable bonds is 4. The van der Waals surface area contributed by atoms with Gasteiger partial charge < -0.3 is 14.9 Å². The maximum absolute atomic E-state index is 12.7. The quantitative estimate of drug-likeness (QED) is 0.833. The molecule has 2 rings (SSSR count). The zero-order valence-corrected chi connectivity index (χ0v) is 14.0. The van der Waals surface area contributed by atoms with Crippen LogP contribution in [-0.2, 0) is 4.79 Å². The summed E-state index contributed by atoms with van der Waals surface area (Å²) in [7, 11) is 4.08. The molecule has 2 aliphatic rings. The molecule has 0 aliphatic carbocycles. The highest BCUT2D eigenvalue weighted by Crippen LogP contribution is 2.24. The lowest BCUT2D eigenvalue weighted by Gasteiger charge is -2.40. The van der Waals surface area contributed by atoms with Crippen LogP contribution in [0.15, 0.2) is 0 Å². The van der Waals surface area contributed by atoms with Crippen LogP contribution in [0, 0.1) is 0 Å². The van der Waals surface area contributed by atoms with E-state index < -0.39 is 0 Å². The average molecular weight is 297 g/mol. The Kier molecular flexibility index (Phi) is 5.63. The van der Waals surface area contributed by atoms with Crippen LogP contribution >= 0.6 is 0 Å². The van der Waals surface area contributed by atoms with Gasteiger partial charge in [0, 0.05) is 31.2 Å². The van der Waals surface area contributed by atoms with Crippen molar-refractivity contribution in [3.05, 3.63) is 0 Å². The molecule has 0 bridgehead atoms. The smallest absolute Gasteiger partial charge is 0.237 e. The fourth-order valence-electron chi connectivity index (χ4n) is 3.93. The van der Waals surface area contributed by atoms with Gasteiger partial charge in [-0.3, -0.25) is 9.69 Å². The van der Waals surface area contributed by atoms with Gasteiger partial charge in [0.25, 0.3) is 0 Å². The fourth-order valence-corrected chi connectivity index (χ4v) is 3.93. The molecule has 1 N–H and O–H groups in total. The second kappa shape index (κ2) is 7.07. The predicted molar refractivity (Wildman–Crippen MR) is 84.2 cm³/mol. The highest BCUT2D eigenvalue weighted by molar-refractivity contribution is 5.79. The van der Waals surface area contributed by atoms with E-state index >= 15 is 0 Å². The van der Waals surface area contributed by atoms with E-state index in [0.717, 1.165) is 25.8 Å². The third-order valence-corrected chi connectivity index (χ3v) is 4.90. The van der Waals surface area contributed by atoms with E-state index in [-0.39, 0.29) is 18.1 Å². The summed E-state index contributed by atoms with van der Waals surface area (Å²) in [4.78, 5) is 19.1. The predicted octanol–water partition coefficient (Wildman–Crippen LogP) is 0.773. The highest BCUT2D eigenvalue weighted by atomic mass is 16.3. The minimum absolute atomic E-state index is 0.229. The number of aliphatic hydroxyl groups excluding tert-OH is 1.